The van der Waals surface area contributed by atoms with Crippen molar-refractivity contribution < 1.29 is 14.7 Å². The van der Waals surface area contributed by atoms with Crippen molar-refractivity contribution in [2.24, 2.45) is 0 Å². The molecule has 4 rings (SSSR count). The Hall–Kier alpha value is -2.90. The first-order valence-corrected chi connectivity index (χ1v) is 11.2. The number of aryl methyl sites for hydroxylation is 1. The first kappa shape index (κ1) is 21.3. The molecular formula is C24H27N3O3S. The van der Waals surface area contributed by atoms with Crippen LogP contribution in [-0.2, 0) is 0 Å². The van der Waals surface area contributed by atoms with E-state index in [2.05, 4.69) is 43.3 Å². The van der Waals surface area contributed by atoms with E-state index in [9.17, 15) is 10.0 Å². The highest BCUT2D eigenvalue weighted by atomic mass is 32.1. The fourth-order valence-corrected chi connectivity index (χ4v) is 5.14. The molecule has 0 unspecified atom stereocenters. The fourth-order valence-electron chi connectivity index (χ4n) is 3.88. The van der Waals surface area contributed by atoms with Crippen molar-refractivity contribution in [3.63, 3.8) is 0 Å². The molecule has 31 heavy (non-hydrogen) atoms. The number of ether oxygens (including phenoxy) is 1. The molecule has 1 N–H and O–H groups in total. The van der Waals surface area contributed by atoms with Crippen LogP contribution in [-0.4, -0.2) is 53.4 Å². The van der Waals surface area contributed by atoms with Crippen molar-refractivity contribution in [3.8, 4) is 27.4 Å². The van der Waals surface area contributed by atoms with Gasteiger partial charge in [-0.25, -0.2) is 14.8 Å². The number of amides is 2. The molecule has 0 spiro atoms. The molecule has 6 nitrogen and oxygen atoms in total. The largest absolute Gasteiger partial charge is 0.497 e. The van der Waals surface area contributed by atoms with Gasteiger partial charge in [-0.15, -0.1) is 11.3 Å². The zero-order valence-corrected chi connectivity index (χ0v) is 18.9. The van der Waals surface area contributed by atoms with Gasteiger partial charge in [-0.05, 0) is 49.6 Å². The van der Waals surface area contributed by atoms with Crippen molar-refractivity contribution in [2.45, 2.75) is 25.7 Å². The van der Waals surface area contributed by atoms with Crippen LogP contribution in [0.25, 0.3) is 21.7 Å². The SMILES string of the molecule is COc1ccc(-c2sc(C3CCN(C(=O)N(C)O)CC3)nc2-c2ccc(C)cc2)cc1. The van der Waals surface area contributed by atoms with E-state index in [1.54, 1.807) is 23.3 Å². The van der Waals surface area contributed by atoms with Crippen LogP contribution in [0.15, 0.2) is 48.5 Å². The van der Waals surface area contributed by atoms with Gasteiger partial charge in [-0.2, -0.15) is 0 Å². The Morgan fingerprint density at radius 3 is 2.29 bits per heavy atom. The highest BCUT2D eigenvalue weighted by Crippen LogP contribution is 2.42. The molecule has 3 aromatic rings. The van der Waals surface area contributed by atoms with E-state index in [1.165, 1.54) is 12.6 Å². The van der Waals surface area contributed by atoms with Crippen LogP contribution in [0.4, 0.5) is 4.79 Å². The normalized spacial score (nSPS) is 14.5. The minimum atomic E-state index is -0.350. The van der Waals surface area contributed by atoms with E-state index in [1.807, 2.05) is 12.1 Å². The minimum absolute atomic E-state index is 0.300. The van der Waals surface area contributed by atoms with Gasteiger partial charge in [0, 0.05) is 31.6 Å². The summed E-state index contributed by atoms with van der Waals surface area (Å²) < 4.78 is 5.31. The van der Waals surface area contributed by atoms with Crippen molar-refractivity contribution >= 4 is 17.4 Å². The van der Waals surface area contributed by atoms with Crippen molar-refractivity contribution in [3.05, 3.63) is 59.1 Å². The monoisotopic (exact) mass is 437 g/mol. The Labute approximate surface area is 186 Å². The number of hydrogen-bond acceptors (Lipinski definition) is 5. The van der Waals surface area contributed by atoms with Gasteiger partial charge in [-0.3, -0.25) is 5.21 Å². The summed E-state index contributed by atoms with van der Waals surface area (Å²) in [6.07, 6.45) is 1.67. The summed E-state index contributed by atoms with van der Waals surface area (Å²) in [7, 11) is 3.04. The predicted octanol–water partition coefficient (Wildman–Crippen LogP) is 5.41. The molecule has 1 aliphatic rings. The lowest BCUT2D eigenvalue weighted by Crippen LogP contribution is -2.43. The Morgan fingerprint density at radius 1 is 1.10 bits per heavy atom. The highest BCUT2D eigenvalue weighted by Gasteiger charge is 2.28. The van der Waals surface area contributed by atoms with Crippen LogP contribution in [0.2, 0.25) is 0 Å². The van der Waals surface area contributed by atoms with Gasteiger partial charge in [0.1, 0.15) is 5.75 Å². The van der Waals surface area contributed by atoms with Crippen LogP contribution in [0.3, 0.4) is 0 Å². The van der Waals surface area contributed by atoms with E-state index >= 15 is 0 Å². The number of thiazole rings is 1. The number of hydrogen-bond donors (Lipinski definition) is 1. The van der Waals surface area contributed by atoms with Crippen molar-refractivity contribution in [2.75, 3.05) is 27.2 Å². The summed E-state index contributed by atoms with van der Waals surface area (Å²) in [6.45, 7) is 3.32. The standard InChI is InChI=1S/C24H27N3O3S/c1-16-4-6-17(7-5-16)21-22(18-8-10-20(30-3)11-9-18)31-23(25-21)19-12-14-27(15-13-19)24(28)26(2)29/h4-11,19,29H,12-15H2,1-3H3. The second-order valence-electron chi connectivity index (χ2n) is 7.89. The Balaban J connectivity index is 1.65. The second-order valence-corrected chi connectivity index (χ2v) is 8.92. The molecule has 7 heteroatoms. The number of methoxy groups -OCH3 is 1. The number of likely N-dealkylation sites (tertiary alicyclic amines) is 1. The molecule has 1 fully saturated rings. The van der Waals surface area contributed by atoms with Crippen LogP contribution in [0, 0.1) is 6.92 Å². The van der Waals surface area contributed by atoms with E-state index in [0.717, 1.165) is 45.3 Å². The molecule has 2 amide bonds. The van der Waals surface area contributed by atoms with E-state index in [0.29, 0.717) is 24.1 Å². The Morgan fingerprint density at radius 2 is 1.71 bits per heavy atom. The van der Waals surface area contributed by atoms with Crippen LogP contribution < -0.4 is 4.74 Å². The predicted molar refractivity (Wildman–Crippen MR) is 123 cm³/mol. The number of urea groups is 1. The molecule has 0 radical (unpaired) electrons. The van der Waals surface area contributed by atoms with Gasteiger partial charge in [-0.1, -0.05) is 29.8 Å². The quantitative estimate of drug-likeness (QED) is 0.438. The molecule has 162 valence electrons. The third-order valence-electron chi connectivity index (χ3n) is 5.71. The maximum Gasteiger partial charge on any atom is 0.343 e. The zero-order chi connectivity index (χ0) is 22.0. The maximum absolute atomic E-state index is 12.0. The number of carbonyl (C=O) groups excluding carboxylic acids is 1. The molecule has 1 saturated heterocycles. The fraction of sp³-hybridized carbons (Fsp3) is 0.333. The number of hydroxylamine groups is 2. The Bertz CT molecular complexity index is 1040. The summed E-state index contributed by atoms with van der Waals surface area (Å²) in [6, 6.07) is 16.2. The van der Waals surface area contributed by atoms with Crippen LogP contribution in [0.1, 0.15) is 29.3 Å². The lowest BCUT2D eigenvalue weighted by molar-refractivity contribution is -0.0356. The lowest BCUT2D eigenvalue weighted by atomic mass is 9.97. The minimum Gasteiger partial charge on any atom is -0.497 e. The number of aromatic nitrogens is 1. The second kappa shape index (κ2) is 9.08. The molecule has 0 atom stereocenters. The molecule has 2 heterocycles. The first-order chi connectivity index (χ1) is 15.0. The summed E-state index contributed by atoms with van der Waals surface area (Å²) in [5.74, 6) is 1.13. The summed E-state index contributed by atoms with van der Waals surface area (Å²) in [5.41, 5.74) is 4.44. The molecule has 2 aromatic carbocycles. The van der Waals surface area contributed by atoms with Crippen molar-refractivity contribution in [1.82, 2.24) is 14.9 Å². The highest BCUT2D eigenvalue weighted by molar-refractivity contribution is 7.15. The van der Waals surface area contributed by atoms with E-state index in [-0.39, 0.29) is 6.03 Å². The van der Waals surface area contributed by atoms with Gasteiger partial charge < -0.3 is 9.64 Å². The molecular weight excluding hydrogens is 410 g/mol. The third-order valence-corrected chi connectivity index (χ3v) is 6.98. The smallest absolute Gasteiger partial charge is 0.343 e. The molecule has 1 aromatic heterocycles. The van der Waals surface area contributed by atoms with E-state index in [4.69, 9.17) is 9.72 Å². The van der Waals surface area contributed by atoms with Gasteiger partial charge in [0.25, 0.3) is 0 Å². The molecule has 0 bridgehead atoms. The van der Waals surface area contributed by atoms with E-state index < -0.39 is 0 Å². The third kappa shape index (κ3) is 4.57. The lowest BCUT2D eigenvalue weighted by Gasteiger charge is -2.32. The van der Waals surface area contributed by atoms with Crippen LogP contribution in [0.5, 0.6) is 5.75 Å². The number of piperidine rings is 1. The summed E-state index contributed by atoms with van der Waals surface area (Å²) in [4.78, 5) is 19.9. The number of benzene rings is 2. The molecule has 0 aliphatic carbocycles. The van der Waals surface area contributed by atoms with Crippen molar-refractivity contribution in [1.29, 1.82) is 0 Å². The topological polar surface area (TPSA) is 65.9 Å². The number of nitrogens with zero attached hydrogens (tertiary/aromatic N) is 3. The molecule has 0 saturated carbocycles. The number of rotatable bonds is 4. The van der Waals surface area contributed by atoms with Gasteiger partial charge in [0.05, 0.1) is 22.7 Å². The number of carbonyl (C=O) groups is 1. The van der Waals surface area contributed by atoms with Gasteiger partial charge >= 0.3 is 6.03 Å². The average Bonchev–Trinajstić information content (AvgIpc) is 3.24. The van der Waals surface area contributed by atoms with Gasteiger partial charge in [0.15, 0.2) is 0 Å². The van der Waals surface area contributed by atoms with Crippen LogP contribution >= 0.6 is 11.3 Å². The average molecular weight is 438 g/mol. The zero-order valence-electron chi connectivity index (χ0n) is 18.0. The maximum atomic E-state index is 12.0. The van der Waals surface area contributed by atoms with Gasteiger partial charge in [0.2, 0.25) is 0 Å². The first-order valence-electron chi connectivity index (χ1n) is 10.4. The molecule has 1 aliphatic heterocycles. The summed E-state index contributed by atoms with van der Waals surface area (Å²) in [5, 5.41) is 11.2. The summed E-state index contributed by atoms with van der Waals surface area (Å²) >= 11 is 1.73. The Kier molecular flexibility index (Phi) is 6.25.